The maximum atomic E-state index is 14.3. The first kappa shape index (κ1) is 14.1. The van der Waals surface area contributed by atoms with Crippen molar-refractivity contribution in [1.82, 2.24) is 5.16 Å². The summed E-state index contributed by atoms with van der Waals surface area (Å²) in [4.78, 5) is 0. The highest BCUT2D eigenvalue weighted by Crippen LogP contribution is 2.40. The van der Waals surface area contributed by atoms with Gasteiger partial charge >= 0.3 is 0 Å². The SMILES string of the molecule is Nc1onc(-c2ccccc2Br)c1-c1cccc(Cl)c1F. The summed E-state index contributed by atoms with van der Waals surface area (Å²) in [7, 11) is 0. The largest absolute Gasteiger partial charge is 0.367 e. The van der Waals surface area contributed by atoms with E-state index in [1.807, 2.05) is 24.3 Å². The number of hydrogen-bond donors (Lipinski definition) is 1. The number of nitrogen functional groups attached to an aromatic ring is 1. The molecular formula is C15H9BrClFN2O. The van der Waals surface area contributed by atoms with Crippen LogP contribution in [-0.2, 0) is 0 Å². The molecule has 0 spiro atoms. The van der Waals surface area contributed by atoms with Crippen molar-refractivity contribution in [2.45, 2.75) is 0 Å². The second kappa shape index (κ2) is 5.50. The van der Waals surface area contributed by atoms with E-state index in [4.69, 9.17) is 21.9 Å². The van der Waals surface area contributed by atoms with Crippen molar-refractivity contribution in [3.05, 3.63) is 57.8 Å². The highest BCUT2D eigenvalue weighted by atomic mass is 79.9. The Labute approximate surface area is 133 Å². The fourth-order valence-corrected chi connectivity index (χ4v) is 2.74. The van der Waals surface area contributed by atoms with Crippen LogP contribution in [0.25, 0.3) is 22.4 Å². The van der Waals surface area contributed by atoms with Crippen molar-refractivity contribution >= 4 is 33.4 Å². The van der Waals surface area contributed by atoms with Crippen molar-refractivity contribution in [3.63, 3.8) is 0 Å². The van der Waals surface area contributed by atoms with Gasteiger partial charge < -0.3 is 10.3 Å². The zero-order valence-corrected chi connectivity index (χ0v) is 13.0. The van der Waals surface area contributed by atoms with E-state index in [1.165, 1.54) is 6.07 Å². The zero-order valence-electron chi connectivity index (χ0n) is 10.6. The number of hydrogen-bond acceptors (Lipinski definition) is 3. The molecule has 0 radical (unpaired) electrons. The molecule has 6 heteroatoms. The summed E-state index contributed by atoms with van der Waals surface area (Å²) in [6.45, 7) is 0. The van der Waals surface area contributed by atoms with Gasteiger partial charge in [0.25, 0.3) is 0 Å². The fraction of sp³-hybridized carbons (Fsp3) is 0. The molecule has 0 bridgehead atoms. The summed E-state index contributed by atoms with van der Waals surface area (Å²) in [6, 6.07) is 12.1. The van der Waals surface area contributed by atoms with Crippen molar-refractivity contribution < 1.29 is 8.91 Å². The minimum atomic E-state index is -0.553. The number of aromatic nitrogens is 1. The van der Waals surface area contributed by atoms with Crippen LogP contribution >= 0.6 is 27.5 Å². The summed E-state index contributed by atoms with van der Waals surface area (Å²) in [6.07, 6.45) is 0. The van der Waals surface area contributed by atoms with Gasteiger partial charge in [-0.25, -0.2) is 4.39 Å². The Morgan fingerprint density at radius 3 is 2.57 bits per heavy atom. The van der Waals surface area contributed by atoms with Crippen LogP contribution in [-0.4, -0.2) is 5.16 Å². The molecule has 3 nitrogen and oxygen atoms in total. The Morgan fingerprint density at radius 2 is 1.81 bits per heavy atom. The lowest BCUT2D eigenvalue weighted by atomic mass is 10.0. The highest BCUT2D eigenvalue weighted by molar-refractivity contribution is 9.10. The molecule has 0 saturated carbocycles. The van der Waals surface area contributed by atoms with Gasteiger partial charge in [0.1, 0.15) is 11.5 Å². The Bertz CT molecular complexity index is 819. The fourth-order valence-electron chi connectivity index (χ4n) is 2.10. The van der Waals surface area contributed by atoms with E-state index in [1.54, 1.807) is 12.1 Å². The Morgan fingerprint density at radius 1 is 1.10 bits per heavy atom. The van der Waals surface area contributed by atoms with Crippen LogP contribution in [0.1, 0.15) is 0 Å². The number of halogens is 3. The average molecular weight is 368 g/mol. The van der Waals surface area contributed by atoms with Gasteiger partial charge in [-0.2, -0.15) is 0 Å². The first-order chi connectivity index (χ1) is 10.1. The summed E-state index contributed by atoms with van der Waals surface area (Å²) >= 11 is 9.28. The molecule has 1 aromatic heterocycles. The van der Waals surface area contributed by atoms with Gasteiger partial charge in [-0.15, -0.1) is 0 Å². The number of rotatable bonds is 2. The van der Waals surface area contributed by atoms with E-state index < -0.39 is 5.82 Å². The van der Waals surface area contributed by atoms with E-state index in [2.05, 4.69) is 21.1 Å². The third kappa shape index (κ3) is 2.43. The molecule has 3 aromatic rings. The molecule has 106 valence electrons. The molecule has 1 heterocycles. The highest BCUT2D eigenvalue weighted by Gasteiger charge is 2.22. The van der Waals surface area contributed by atoms with Crippen molar-refractivity contribution in [2.75, 3.05) is 5.73 Å². The van der Waals surface area contributed by atoms with Gasteiger partial charge in [-0.05, 0) is 12.1 Å². The molecule has 21 heavy (non-hydrogen) atoms. The van der Waals surface area contributed by atoms with Crippen LogP contribution in [0.2, 0.25) is 5.02 Å². The normalized spacial score (nSPS) is 10.8. The summed E-state index contributed by atoms with van der Waals surface area (Å²) in [5, 5.41) is 3.97. The predicted octanol–water partition coefficient (Wildman–Crippen LogP) is 5.15. The van der Waals surface area contributed by atoms with Crippen LogP contribution in [0.4, 0.5) is 10.3 Å². The number of benzene rings is 2. The monoisotopic (exact) mass is 366 g/mol. The molecule has 0 atom stereocenters. The number of nitrogens with zero attached hydrogens (tertiary/aromatic N) is 1. The molecule has 2 aromatic carbocycles. The second-order valence-electron chi connectivity index (χ2n) is 4.35. The first-order valence-corrected chi connectivity index (χ1v) is 7.21. The van der Waals surface area contributed by atoms with Crippen molar-refractivity contribution in [2.24, 2.45) is 0 Å². The van der Waals surface area contributed by atoms with E-state index in [0.717, 1.165) is 10.0 Å². The number of nitrogens with two attached hydrogens (primary N) is 1. The van der Waals surface area contributed by atoms with Gasteiger partial charge in [0, 0.05) is 15.6 Å². The van der Waals surface area contributed by atoms with Crippen molar-refractivity contribution in [1.29, 1.82) is 0 Å². The standard InChI is InChI=1S/C15H9BrClFN2O/c16-10-6-2-1-4-8(10)14-12(15(19)21-20-14)9-5-3-7-11(17)13(9)18/h1-7H,19H2. The second-order valence-corrected chi connectivity index (χ2v) is 5.61. The van der Waals surface area contributed by atoms with Gasteiger partial charge in [0.15, 0.2) is 0 Å². The van der Waals surface area contributed by atoms with E-state index in [0.29, 0.717) is 11.3 Å². The predicted molar refractivity (Wildman–Crippen MR) is 84.5 cm³/mol. The molecule has 0 aliphatic carbocycles. The van der Waals surface area contributed by atoms with E-state index >= 15 is 0 Å². The summed E-state index contributed by atoms with van der Waals surface area (Å²) in [5.41, 5.74) is 7.69. The Kier molecular flexibility index (Phi) is 3.69. The maximum absolute atomic E-state index is 14.3. The van der Waals surface area contributed by atoms with Gasteiger partial charge in [-0.1, -0.05) is 63.0 Å². The average Bonchev–Trinajstić information content (AvgIpc) is 2.84. The zero-order chi connectivity index (χ0) is 15.0. The van der Waals surface area contributed by atoms with Gasteiger partial charge in [0.05, 0.1) is 10.6 Å². The molecule has 0 aliphatic heterocycles. The lowest BCUT2D eigenvalue weighted by Gasteiger charge is -2.06. The van der Waals surface area contributed by atoms with Gasteiger partial charge in [0.2, 0.25) is 5.88 Å². The topological polar surface area (TPSA) is 52.0 Å². The lowest BCUT2D eigenvalue weighted by molar-refractivity contribution is 0.439. The number of anilines is 1. The molecule has 2 N–H and O–H groups in total. The van der Waals surface area contributed by atoms with E-state index in [-0.39, 0.29) is 16.5 Å². The maximum Gasteiger partial charge on any atom is 0.230 e. The minimum absolute atomic E-state index is 0.0196. The molecule has 0 fully saturated rings. The van der Waals surface area contributed by atoms with Gasteiger partial charge in [-0.3, -0.25) is 0 Å². The Hall–Kier alpha value is -1.85. The summed E-state index contributed by atoms with van der Waals surface area (Å²) in [5.74, 6) is -0.510. The quantitative estimate of drug-likeness (QED) is 0.682. The summed E-state index contributed by atoms with van der Waals surface area (Å²) < 4.78 is 20.1. The minimum Gasteiger partial charge on any atom is -0.367 e. The molecule has 0 amide bonds. The molecule has 0 saturated heterocycles. The third-order valence-electron chi connectivity index (χ3n) is 3.07. The van der Waals surface area contributed by atoms with Crippen LogP contribution < -0.4 is 5.73 Å². The van der Waals surface area contributed by atoms with Crippen molar-refractivity contribution in [3.8, 4) is 22.4 Å². The smallest absolute Gasteiger partial charge is 0.230 e. The van der Waals surface area contributed by atoms with Crippen LogP contribution in [0.5, 0.6) is 0 Å². The van der Waals surface area contributed by atoms with Crippen LogP contribution in [0.15, 0.2) is 51.5 Å². The van der Waals surface area contributed by atoms with Crippen LogP contribution in [0, 0.1) is 5.82 Å². The van der Waals surface area contributed by atoms with E-state index in [9.17, 15) is 4.39 Å². The third-order valence-corrected chi connectivity index (χ3v) is 4.05. The molecule has 0 aliphatic rings. The lowest BCUT2D eigenvalue weighted by Crippen LogP contribution is -1.92. The van der Waals surface area contributed by atoms with Crippen LogP contribution in [0.3, 0.4) is 0 Å². The first-order valence-electron chi connectivity index (χ1n) is 6.04. The molecule has 3 rings (SSSR count). The molecular weight excluding hydrogens is 359 g/mol. The molecule has 0 unspecified atom stereocenters. The Balaban J connectivity index is 2.28.